The van der Waals surface area contributed by atoms with Gasteiger partial charge in [-0.2, -0.15) is 0 Å². The number of amides is 2. The van der Waals surface area contributed by atoms with Gasteiger partial charge in [-0.3, -0.25) is 0 Å². The summed E-state index contributed by atoms with van der Waals surface area (Å²) in [7, 11) is 1.58. The lowest BCUT2D eigenvalue weighted by Gasteiger charge is -2.29. The maximum Gasteiger partial charge on any atom is 0.338 e. The van der Waals surface area contributed by atoms with Gasteiger partial charge >= 0.3 is 12.0 Å². The van der Waals surface area contributed by atoms with Crippen molar-refractivity contribution in [1.82, 2.24) is 10.6 Å². The van der Waals surface area contributed by atoms with Crippen molar-refractivity contribution in [2.24, 2.45) is 0 Å². The quantitative estimate of drug-likeness (QED) is 0.669. The van der Waals surface area contributed by atoms with Gasteiger partial charge in [0.05, 0.1) is 29.8 Å². The molecule has 2 rings (SSSR count). The first kappa shape index (κ1) is 19.3. The molecule has 0 aliphatic carbocycles. The van der Waals surface area contributed by atoms with Gasteiger partial charge < -0.3 is 20.1 Å². The normalized spacial score (nSPS) is 17.0. The molecule has 1 atom stereocenters. The van der Waals surface area contributed by atoms with Gasteiger partial charge in [0, 0.05) is 5.70 Å². The second-order valence-electron chi connectivity index (χ2n) is 5.64. The van der Waals surface area contributed by atoms with Crippen LogP contribution >= 0.6 is 15.9 Å². The van der Waals surface area contributed by atoms with Crippen LogP contribution in [0, 0.1) is 0 Å². The number of allylic oxidation sites excluding steroid dienone is 1. The Hall–Kier alpha value is -2.02. The third-order valence-corrected chi connectivity index (χ3v) is 4.56. The van der Waals surface area contributed by atoms with Crippen LogP contribution in [-0.2, 0) is 9.53 Å². The van der Waals surface area contributed by atoms with E-state index in [2.05, 4.69) is 33.5 Å². The molecule has 0 saturated heterocycles. The highest BCUT2D eigenvalue weighted by atomic mass is 79.9. The van der Waals surface area contributed by atoms with Crippen LogP contribution in [0.4, 0.5) is 4.79 Å². The number of carbonyl (C=O) groups is 2. The van der Waals surface area contributed by atoms with E-state index >= 15 is 0 Å². The van der Waals surface area contributed by atoms with E-state index in [0.29, 0.717) is 23.4 Å². The molecule has 0 aromatic heterocycles. The summed E-state index contributed by atoms with van der Waals surface area (Å²) in [5, 5.41) is 5.59. The number of hydrogen-bond donors (Lipinski definition) is 2. The van der Waals surface area contributed by atoms with Crippen LogP contribution in [0.5, 0.6) is 5.75 Å². The largest absolute Gasteiger partial charge is 0.496 e. The molecule has 1 aliphatic heterocycles. The van der Waals surface area contributed by atoms with E-state index < -0.39 is 12.0 Å². The molecule has 25 heavy (non-hydrogen) atoms. The third-order valence-electron chi connectivity index (χ3n) is 3.94. The zero-order chi connectivity index (χ0) is 18.4. The van der Waals surface area contributed by atoms with Crippen LogP contribution in [-0.4, -0.2) is 25.7 Å². The van der Waals surface area contributed by atoms with Crippen LogP contribution in [0.1, 0.15) is 44.7 Å². The van der Waals surface area contributed by atoms with E-state index in [4.69, 9.17) is 9.47 Å². The Morgan fingerprint density at radius 2 is 2.08 bits per heavy atom. The number of urea groups is 1. The monoisotopic (exact) mass is 410 g/mol. The molecule has 2 N–H and O–H groups in total. The number of rotatable bonds is 7. The van der Waals surface area contributed by atoms with Gasteiger partial charge in [-0.15, -0.1) is 0 Å². The standard InChI is InChI=1S/C18H23BrN2O4/c1-4-6-7-13-15(17(22)25-5-2)16(21-18(23)20-13)11-8-9-14(24-3)12(19)10-11/h8-10,16H,4-7H2,1-3H3,(H2,20,21,23). The van der Waals surface area contributed by atoms with Crippen LogP contribution in [0.25, 0.3) is 0 Å². The second-order valence-corrected chi connectivity index (χ2v) is 6.50. The molecule has 0 spiro atoms. The Bertz CT molecular complexity index is 688. The van der Waals surface area contributed by atoms with Gasteiger partial charge in [-0.1, -0.05) is 19.4 Å². The highest BCUT2D eigenvalue weighted by Gasteiger charge is 2.33. The van der Waals surface area contributed by atoms with E-state index in [1.807, 2.05) is 12.1 Å². The lowest BCUT2D eigenvalue weighted by Crippen LogP contribution is -2.46. The summed E-state index contributed by atoms with van der Waals surface area (Å²) in [4.78, 5) is 24.7. The van der Waals surface area contributed by atoms with Gasteiger partial charge in [0.15, 0.2) is 0 Å². The molecule has 0 radical (unpaired) electrons. The minimum absolute atomic E-state index is 0.274. The molecular weight excluding hydrogens is 388 g/mol. The molecule has 1 heterocycles. The molecule has 1 unspecified atom stereocenters. The number of hydrogen-bond acceptors (Lipinski definition) is 4. The summed E-state index contributed by atoms with van der Waals surface area (Å²) in [6, 6.07) is 4.57. The zero-order valence-electron chi connectivity index (χ0n) is 14.6. The molecule has 7 heteroatoms. The maximum atomic E-state index is 12.6. The summed E-state index contributed by atoms with van der Waals surface area (Å²) >= 11 is 3.45. The van der Waals surface area contributed by atoms with Crippen LogP contribution in [0.3, 0.4) is 0 Å². The van der Waals surface area contributed by atoms with Crippen molar-refractivity contribution in [1.29, 1.82) is 0 Å². The number of ether oxygens (including phenoxy) is 2. The SMILES string of the molecule is CCCCC1=C(C(=O)OCC)C(c2ccc(OC)c(Br)c2)NC(=O)N1. The summed E-state index contributed by atoms with van der Waals surface area (Å²) in [6.07, 6.45) is 2.45. The molecule has 136 valence electrons. The molecule has 1 aromatic carbocycles. The fraction of sp³-hybridized carbons (Fsp3) is 0.444. The average Bonchev–Trinajstić information content (AvgIpc) is 2.59. The Labute approximate surface area is 156 Å². The van der Waals surface area contributed by atoms with E-state index in [1.165, 1.54) is 0 Å². The average molecular weight is 411 g/mol. The first-order valence-corrected chi connectivity index (χ1v) is 9.12. The first-order chi connectivity index (χ1) is 12.0. The number of nitrogens with one attached hydrogen (secondary N) is 2. The van der Waals surface area contributed by atoms with Crippen molar-refractivity contribution in [3.63, 3.8) is 0 Å². The zero-order valence-corrected chi connectivity index (χ0v) is 16.2. The van der Waals surface area contributed by atoms with Gasteiger partial charge in [-0.25, -0.2) is 9.59 Å². The molecule has 1 aliphatic rings. The van der Waals surface area contributed by atoms with Crippen molar-refractivity contribution in [3.05, 3.63) is 39.5 Å². The lowest BCUT2D eigenvalue weighted by molar-refractivity contribution is -0.139. The van der Waals surface area contributed by atoms with E-state index in [1.54, 1.807) is 20.1 Å². The summed E-state index contributed by atoms with van der Waals surface area (Å²) in [5.41, 5.74) is 1.85. The van der Waals surface area contributed by atoms with Gasteiger partial charge in [0.25, 0.3) is 0 Å². The topological polar surface area (TPSA) is 76.7 Å². The van der Waals surface area contributed by atoms with E-state index in [-0.39, 0.29) is 12.6 Å². The van der Waals surface area contributed by atoms with Gasteiger partial charge in [0.2, 0.25) is 0 Å². The molecule has 0 saturated carbocycles. The lowest BCUT2D eigenvalue weighted by atomic mass is 9.93. The maximum absolute atomic E-state index is 12.6. The Kier molecular flexibility index (Phi) is 6.87. The predicted molar refractivity (Wildman–Crippen MR) is 98.3 cm³/mol. The molecular formula is C18H23BrN2O4. The number of methoxy groups -OCH3 is 1. The fourth-order valence-corrected chi connectivity index (χ4v) is 3.29. The van der Waals surface area contributed by atoms with E-state index in [9.17, 15) is 9.59 Å². The van der Waals surface area contributed by atoms with Crippen molar-refractivity contribution >= 4 is 27.9 Å². The van der Waals surface area contributed by atoms with Gasteiger partial charge in [0.1, 0.15) is 5.75 Å². The number of halogens is 1. The highest BCUT2D eigenvalue weighted by molar-refractivity contribution is 9.10. The first-order valence-electron chi connectivity index (χ1n) is 8.32. The van der Waals surface area contributed by atoms with Crippen molar-refractivity contribution in [2.45, 2.75) is 39.2 Å². The number of esters is 1. The van der Waals surface area contributed by atoms with Crippen LogP contribution < -0.4 is 15.4 Å². The van der Waals surface area contributed by atoms with Crippen LogP contribution in [0.15, 0.2) is 33.9 Å². The molecule has 1 aromatic rings. The van der Waals surface area contributed by atoms with Crippen LogP contribution in [0.2, 0.25) is 0 Å². The summed E-state index contributed by atoms with van der Waals surface area (Å²) in [5.74, 6) is 0.259. The number of unbranched alkanes of at least 4 members (excludes halogenated alkanes) is 1. The van der Waals surface area contributed by atoms with E-state index in [0.717, 1.165) is 22.9 Å². The number of benzene rings is 1. The molecule has 2 amide bonds. The summed E-state index contributed by atoms with van der Waals surface area (Å²) in [6.45, 7) is 4.10. The molecule has 0 bridgehead atoms. The molecule has 0 fully saturated rings. The molecule has 6 nitrogen and oxygen atoms in total. The minimum atomic E-state index is -0.568. The Balaban J connectivity index is 2.49. The van der Waals surface area contributed by atoms with Crippen molar-refractivity contribution in [3.8, 4) is 5.75 Å². The minimum Gasteiger partial charge on any atom is -0.496 e. The van der Waals surface area contributed by atoms with Crippen molar-refractivity contribution in [2.75, 3.05) is 13.7 Å². The summed E-state index contributed by atoms with van der Waals surface area (Å²) < 4.78 is 11.2. The Morgan fingerprint density at radius 1 is 1.32 bits per heavy atom. The third kappa shape index (κ3) is 4.54. The Morgan fingerprint density at radius 3 is 2.68 bits per heavy atom. The fourth-order valence-electron chi connectivity index (χ4n) is 2.73. The second kappa shape index (κ2) is 8.89. The van der Waals surface area contributed by atoms with Gasteiger partial charge in [-0.05, 0) is 53.4 Å². The smallest absolute Gasteiger partial charge is 0.338 e. The van der Waals surface area contributed by atoms with Crippen molar-refractivity contribution < 1.29 is 19.1 Å². The highest BCUT2D eigenvalue weighted by Crippen LogP contribution is 2.34. The predicted octanol–water partition coefficient (Wildman–Crippen LogP) is 3.82. The number of carbonyl (C=O) groups excluding carboxylic acids is 2.